The van der Waals surface area contributed by atoms with Gasteiger partial charge in [-0.05, 0) is 42.2 Å². The molecule has 1 saturated heterocycles. The molecule has 0 amide bonds. The van der Waals surface area contributed by atoms with Crippen LogP contribution in [0, 0.1) is 0 Å². The summed E-state index contributed by atoms with van der Waals surface area (Å²) < 4.78 is 10.8. The molecule has 5 heteroatoms. The van der Waals surface area contributed by atoms with E-state index in [0.29, 0.717) is 5.92 Å². The summed E-state index contributed by atoms with van der Waals surface area (Å²) in [5, 5.41) is 3.50. The van der Waals surface area contributed by atoms with E-state index in [1.165, 1.54) is 5.56 Å². The Bertz CT molecular complexity index is 761. The molecule has 0 bridgehead atoms. The highest BCUT2D eigenvalue weighted by Gasteiger charge is 2.25. The maximum Gasteiger partial charge on any atom is 0.193 e. The number of aliphatic imine (C=N–C) groups is 1. The van der Waals surface area contributed by atoms with Gasteiger partial charge in [0.25, 0.3) is 0 Å². The molecule has 27 heavy (non-hydrogen) atoms. The summed E-state index contributed by atoms with van der Waals surface area (Å²) in [6, 6.07) is 16.7. The molecule has 1 aliphatic heterocycles. The van der Waals surface area contributed by atoms with Gasteiger partial charge in [-0.2, -0.15) is 0 Å². The Balaban J connectivity index is 1.56. The first-order valence-corrected chi connectivity index (χ1v) is 9.46. The molecular formula is C22H29N3O2. The van der Waals surface area contributed by atoms with Crippen LogP contribution in [0.5, 0.6) is 11.5 Å². The molecule has 1 fully saturated rings. The molecule has 1 N–H and O–H groups in total. The van der Waals surface area contributed by atoms with Crippen molar-refractivity contribution >= 4 is 5.96 Å². The predicted molar refractivity (Wildman–Crippen MR) is 110 cm³/mol. The van der Waals surface area contributed by atoms with E-state index in [1.54, 1.807) is 14.2 Å². The van der Waals surface area contributed by atoms with Crippen molar-refractivity contribution in [1.29, 1.82) is 0 Å². The first-order chi connectivity index (χ1) is 13.2. The van der Waals surface area contributed by atoms with Gasteiger partial charge in [0.05, 0.1) is 14.2 Å². The largest absolute Gasteiger partial charge is 0.497 e. The van der Waals surface area contributed by atoms with E-state index in [1.807, 2.05) is 25.2 Å². The number of rotatable bonds is 6. The van der Waals surface area contributed by atoms with Gasteiger partial charge in [-0.3, -0.25) is 4.99 Å². The summed E-state index contributed by atoms with van der Waals surface area (Å²) in [6.07, 6.45) is 2.00. The third kappa shape index (κ3) is 4.73. The van der Waals surface area contributed by atoms with Gasteiger partial charge in [0.15, 0.2) is 5.96 Å². The van der Waals surface area contributed by atoms with Gasteiger partial charge in [-0.15, -0.1) is 0 Å². The van der Waals surface area contributed by atoms with E-state index in [4.69, 9.17) is 9.47 Å². The lowest BCUT2D eigenvalue weighted by Gasteiger charge is -2.22. The van der Waals surface area contributed by atoms with Gasteiger partial charge in [-0.1, -0.05) is 30.3 Å². The predicted octanol–water partition coefficient (Wildman–Crippen LogP) is 3.31. The zero-order valence-electron chi connectivity index (χ0n) is 16.4. The standard InChI is InChI=1S/C22H29N3O2/c1-23-22(25-14-12-19(16-25)17-7-5-4-6-8-17)24-13-11-18-15-20(26-2)9-10-21(18)27-3/h4-10,15,19H,11-14,16H2,1-3H3,(H,23,24). The van der Waals surface area contributed by atoms with Crippen LogP contribution >= 0.6 is 0 Å². The normalized spacial score (nSPS) is 17.1. The van der Waals surface area contributed by atoms with Gasteiger partial charge in [-0.25, -0.2) is 0 Å². The maximum absolute atomic E-state index is 5.47. The quantitative estimate of drug-likeness (QED) is 0.629. The lowest BCUT2D eigenvalue weighted by molar-refractivity contribution is 0.398. The van der Waals surface area contributed by atoms with Crippen molar-refractivity contribution in [1.82, 2.24) is 10.2 Å². The molecule has 0 radical (unpaired) electrons. The second-order valence-corrected chi connectivity index (χ2v) is 6.74. The highest BCUT2D eigenvalue weighted by Crippen LogP contribution is 2.27. The van der Waals surface area contributed by atoms with E-state index in [9.17, 15) is 0 Å². The number of guanidine groups is 1. The minimum absolute atomic E-state index is 0.572. The monoisotopic (exact) mass is 367 g/mol. The van der Waals surface area contributed by atoms with Crippen molar-refractivity contribution in [2.45, 2.75) is 18.8 Å². The number of methoxy groups -OCH3 is 2. The zero-order valence-corrected chi connectivity index (χ0v) is 16.4. The molecule has 0 spiro atoms. The summed E-state index contributed by atoms with van der Waals surface area (Å²) in [5.74, 6) is 3.27. The van der Waals surface area contributed by atoms with Crippen LogP contribution in [0.1, 0.15) is 23.5 Å². The van der Waals surface area contributed by atoms with Gasteiger partial charge in [0, 0.05) is 32.6 Å². The number of ether oxygens (including phenoxy) is 2. The van der Waals surface area contributed by atoms with Crippen molar-refractivity contribution < 1.29 is 9.47 Å². The smallest absolute Gasteiger partial charge is 0.193 e. The summed E-state index contributed by atoms with van der Waals surface area (Å²) >= 11 is 0. The third-order valence-corrected chi connectivity index (χ3v) is 5.14. The molecule has 5 nitrogen and oxygen atoms in total. The van der Waals surface area contributed by atoms with Crippen LogP contribution in [-0.4, -0.2) is 51.8 Å². The number of likely N-dealkylation sites (tertiary alicyclic amines) is 1. The van der Waals surface area contributed by atoms with Crippen LogP contribution < -0.4 is 14.8 Å². The molecule has 3 rings (SSSR count). The number of hydrogen-bond donors (Lipinski definition) is 1. The zero-order chi connectivity index (χ0) is 19.1. The second kappa shape index (κ2) is 9.31. The Morgan fingerprint density at radius 3 is 2.67 bits per heavy atom. The Kier molecular flexibility index (Phi) is 6.58. The lowest BCUT2D eigenvalue weighted by atomic mass is 9.99. The van der Waals surface area contributed by atoms with E-state index in [-0.39, 0.29) is 0 Å². The van der Waals surface area contributed by atoms with E-state index in [2.05, 4.69) is 45.5 Å². The molecule has 2 aromatic rings. The highest BCUT2D eigenvalue weighted by molar-refractivity contribution is 5.80. The van der Waals surface area contributed by atoms with Crippen molar-refractivity contribution in [3.05, 3.63) is 59.7 Å². The second-order valence-electron chi connectivity index (χ2n) is 6.74. The third-order valence-electron chi connectivity index (χ3n) is 5.14. The molecule has 0 aliphatic carbocycles. The van der Waals surface area contributed by atoms with E-state index < -0.39 is 0 Å². The first-order valence-electron chi connectivity index (χ1n) is 9.46. The fourth-order valence-electron chi connectivity index (χ4n) is 3.67. The molecule has 1 heterocycles. The number of nitrogens with zero attached hydrogens (tertiary/aromatic N) is 2. The number of benzene rings is 2. The fourth-order valence-corrected chi connectivity index (χ4v) is 3.67. The molecular weight excluding hydrogens is 338 g/mol. The van der Waals surface area contributed by atoms with Gasteiger partial charge < -0.3 is 19.7 Å². The Labute approximate surface area is 162 Å². The van der Waals surface area contributed by atoms with Crippen LogP contribution in [0.25, 0.3) is 0 Å². The molecule has 1 unspecified atom stereocenters. The SMILES string of the molecule is CN=C(NCCc1cc(OC)ccc1OC)N1CCC(c2ccccc2)C1. The van der Waals surface area contributed by atoms with E-state index in [0.717, 1.165) is 55.5 Å². The van der Waals surface area contributed by atoms with Gasteiger partial charge >= 0.3 is 0 Å². The van der Waals surface area contributed by atoms with E-state index >= 15 is 0 Å². The fraction of sp³-hybridized carbons (Fsp3) is 0.409. The summed E-state index contributed by atoms with van der Waals surface area (Å²) in [4.78, 5) is 6.83. The minimum Gasteiger partial charge on any atom is -0.497 e. The van der Waals surface area contributed by atoms with Crippen LogP contribution in [0.3, 0.4) is 0 Å². The van der Waals surface area contributed by atoms with Crippen LogP contribution in [0.4, 0.5) is 0 Å². The number of hydrogen-bond acceptors (Lipinski definition) is 3. The number of nitrogens with one attached hydrogen (secondary N) is 1. The van der Waals surface area contributed by atoms with Crippen molar-refractivity contribution in [3.63, 3.8) is 0 Å². The Morgan fingerprint density at radius 2 is 1.96 bits per heavy atom. The van der Waals surface area contributed by atoms with Crippen LogP contribution in [-0.2, 0) is 6.42 Å². The molecule has 0 saturated carbocycles. The molecule has 1 atom stereocenters. The average molecular weight is 367 g/mol. The molecule has 0 aromatic heterocycles. The van der Waals surface area contributed by atoms with Crippen molar-refractivity contribution in [3.8, 4) is 11.5 Å². The Morgan fingerprint density at radius 1 is 1.15 bits per heavy atom. The summed E-state index contributed by atoms with van der Waals surface area (Å²) in [5.41, 5.74) is 2.54. The van der Waals surface area contributed by atoms with Crippen LogP contribution in [0.15, 0.2) is 53.5 Å². The van der Waals surface area contributed by atoms with Crippen LogP contribution in [0.2, 0.25) is 0 Å². The van der Waals surface area contributed by atoms with Crippen molar-refractivity contribution in [2.75, 3.05) is 40.9 Å². The highest BCUT2D eigenvalue weighted by atomic mass is 16.5. The van der Waals surface area contributed by atoms with Gasteiger partial charge in [0.1, 0.15) is 11.5 Å². The summed E-state index contributed by atoms with van der Waals surface area (Å²) in [6.45, 7) is 2.83. The summed E-state index contributed by atoms with van der Waals surface area (Å²) in [7, 11) is 5.23. The minimum atomic E-state index is 0.572. The first kappa shape index (κ1) is 19.1. The topological polar surface area (TPSA) is 46.1 Å². The lowest BCUT2D eigenvalue weighted by Crippen LogP contribution is -2.40. The van der Waals surface area contributed by atoms with Crippen molar-refractivity contribution in [2.24, 2.45) is 4.99 Å². The average Bonchev–Trinajstić information content (AvgIpc) is 3.21. The maximum atomic E-state index is 5.47. The van der Waals surface area contributed by atoms with Gasteiger partial charge in [0.2, 0.25) is 0 Å². The molecule has 2 aromatic carbocycles. The Hall–Kier alpha value is -2.69. The molecule has 1 aliphatic rings. The molecule has 144 valence electrons.